The van der Waals surface area contributed by atoms with Gasteiger partial charge < -0.3 is 16.2 Å². The van der Waals surface area contributed by atoms with Gasteiger partial charge in [-0.05, 0) is 18.6 Å². The number of nitrogens with two attached hydrogens (primary N) is 1. The number of carboxylic acids is 1. The molecule has 0 radical (unpaired) electrons. The van der Waals surface area contributed by atoms with Gasteiger partial charge in [0.25, 0.3) is 0 Å². The molecule has 0 spiro atoms. The van der Waals surface area contributed by atoms with Gasteiger partial charge in [-0.15, -0.1) is 0 Å². The zero-order valence-electron chi connectivity index (χ0n) is 11.4. The number of hydrogen-bond acceptors (Lipinski definition) is 3. The molecule has 0 saturated heterocycles. The summed E-state index contributed by atoms with van der Waals surface area (Å²) < 4.78 is 13.6. The van der Waals surface area contributed by atoms with Crippen LogP contribution in [0.2, 0.25) is 0 Å². The fourth-order valence-electron chi connectivity index (χ4n) is 1.62. The summed E-state index contributed by atoms with van der Waals surface area (Å²) in [7, 11) is 1.31. The molecule has 21 heavy (non-hydrogen) atoms. The van der Waals surface area contributed by atoms with E-state index in [9.17, 15) is 18.8 Å². The Morgan fingerprint density at radius 1 is 1.38 bits per heavy atom. The summed E-state index contributed by atoms with van der Waals surface area (Å²) in [6, 6.07) is 3.51. The van der Waals surface area contributed by atoms with Crippen molar-refractivity contribution >= 4 is 23.6 Å². The number of carbonyl (C=O) groups is 3. The molecule has 1 aromatic carbocycles. The van der Waals surface area contributed by atoms with Crippen LogP contribution in [0.15, 0.2) is 24.3 Å². The van der Waals surface area contributed by atoms with Crippen molar-refractivity contribution < 1.29 is 23.9 Å². The van der Waals surface area contributed by atoms with Crippen LogP contribution in [0.5, 0.6) is 0 Å². The van der Waals surface area contributed by atoms with E-state index in [0.717, 1.165) is 4.90 Å². The van der Waals surface area contributed by atoms with Gasteiger partial charge in [-0.1, -0.05) is 12.1 Å². The predicted octanol–water partition coefficient (Wildman–Crippen LogP) is 0.690. The van der Waals surface area contributed by atoms with E-state index in [4.69, 9.17) is 10.8 Å². The van der Waals surface area contributed by atoms with Crippen LogP contribution >= 0.6 is 0 Å². The van der Waals surface area contributed by atoms with Crippen LogP contribution in [0.25, 0.3) is 0 Å². The summed E-state index contributed by atoms with van der Waals surface area (Å²) in [5.74, 6) is -2.58. The van der Waals surface area contributed by atoms with E-state index >= 15 is 0 Å². The summed E-state index contributed by atoms with van der Waals surface area (Å²) in [6.07, 6.45) is -0.317. The second-order valence-electron chi connectivity index (χ2n) is 4.36. The molecule has 3 amide bonds. The van der Waals surface area contributed by atoms with Crippen LogP contribution < -0.4 is 16.0 Å². The maximum atomic E-state index is 13.6. The van der Waals surface area contributed by atoms with E-state index in [2.05, 4.69) is 5.32 Å². The molecule has 0 aliphatic carbocycles. The highest BCUT2D eigenvalue weighted by Gasteiger charge is 2.23. The molecular formula is C13H16FN3O4. The topological polar surface area (TPSA) is 113 Å². The Bertz CT molecular complexity index is 550. The third kappa shape index (κ3) is 4.75. The highest BCUT2D eigenvalue weighted by Crippen LogP contribution is 2.17. The number of hydrogen-bond donors (Lipinski definition) is 3. The van der Waals surface area contributed by atoms with Crippen molar-refractivity contribution in [3.63, 3.8) is 0 Å². The lowest BCUT2D eigenvalue weighted by molar-refractivity contribution is -0.139. The molecule has 0 heterocycles. The van der Waals surface area contributed by atoms with E-state index in [0.29, 0.717) is 0 Å². The lowest BCUT2D eigenvalue weighted by Gasteiger charge is -2.21. The van der Waals surface area contributed by atoms with Crippen molar-refractivity contribution in [3.8, 4) is 0 Å². The van der Waals surface area contributed by atoms with Gasteiger partial charge in [-0.25, -0.2) is 14.0 Å². The van der Waals surface area contributed by atoms with Crippen LogP contribution in [0.4, 0.5) is 14.9 Å². The lowest BCUT2D eigenvalue weighted by Crippen LogP contribution is -2.47. The number of para-hydroxylation sites is 1. The maximum absolute atomic E-state index is 13.6. The van der Waals surface area contributed by atoms with E-state index < -0.39 is 29.8 Å². The first kappa shape index (κ1) is 16.4. The minimum Gasteiger partial charge on any atom is -0.480 e. The zero-order valence-corrected chi connectivity index (χ0v) is 11.4. The molecular weight excluding hydrogens is 281 g/mol. The van der Waals surface area contributed by atoms with Crippen LogP contribution in [0.3, 0.4) is 0 Å². The fraction of sp³-hybridized carbons (Fsp3) is 0.308. The second kappa shape index (κ2) is 7.22. The molecule has 1 atom stereocenters. The molecule has 0 aromatic heterocycles. The van der Waals surface area contributed by atoms with Crippen molar-refractivity contribution in [2.45, 2.75) is 18.9 Å². The Labute approximate surface area is 120 Å². The standard InChI is InChI=1S/C13H16FN3O4/c1-17(10-5-3-2-4-8(10)14)13(21)16-9(12(19)20)6-7-11(15)18/h2-5,9H,6-7H2,1H3,(H2,15,18)(H,16,21)(H,19,20)/t9-/m1/s1. The Morgan fingerprint density at radius 2 is 2.00 bits per heavy atom. The van der Waals surface area contributed by atoms with Crippen LogP contribution in [-0.2, 0) is 9.59 Å². The molecule has 0 fully saturated rings. The van der Waals surface area contributed by atoms with Crippen molar-refractivity contribution in [1.82, 2.24) is 5.32 Å². The van der Waals surface area contributed by atoms with Gasteiger partial charge in [0, 0.05) is 13.5 Å². The third-order valence-corrected chi connectivity index (χ3v) is 2.79. The molecule has 0 saturated carbocycles. The smallest absolute Gasteiger partial charge is 0.326 e. The Morgan fingerprint density at radius 3 is 2.52 bits per heavy atom. The number of carbonyl (C=O) groups excluding carboxylic acids is 2. The van der Waals surface area contributed by atoms with Crippen LogP contribution in [-0.4, -0.2) is 36.1 Å². The number of nitrogens with one attached hydrogen (secondary N) is 1. The minimum atomic E-state index is -1.30. The van der Waals surface area contributed by atoms with Crippen molar-refractivity contribution in [3.05, 3.63) is 30.1 Å². The van der Waals surface area contributed by atoms with E-state index in [1.54, 1.807) is 6.07 Å². The molecule has 8 heteroatoms. The summed E-state index contributed by atoms with van der Waals surface area (Å²) in [4.78, 5) is 34.6. The first-order valence-electron chi connectivity index (χ1n) is 6.12. The number of carboxylic acid groups (broad SMARTS) is 1. The largest absolute Gasteiger partial charge is 0.480 e. The normalized spacial score (nSPS) is 11.5. The molecule has 1 aromatic rings. The predicted molar refractivity (Wildman–Crippen MR) is 73.2 cm³/mol. The molecule has 114 valence electrons. The van der Waals surface area contributed by atoms with Gasteiger partial charge in [0.1, 0.15) is 11.9 Å². The first-order valence-corrected chi connectivity index (χ1v) is 6.12. The molecule has 4 N–H and O–H groups in total. The molecule has 0 unspecified atom stereocenters. The molecule has 0 aliphatic heterocycles. The van der Waals surface area contributed by atoms with Gasteiger partial charge in [0.2, 0.25) is 5.91 Å². The van der Waals surface area contributed by atoms with Gasteiger partial charge in [-0.3, -0.25) is 9.69 Å². The number of anilines is 1. The third-order valence-electron chi connectivity index (χ3n) is 2.79. The van der Waals surface area contributed by atoms with Crippen molar-refractivity contribution in [1.29, 1.82) is 0 Å². The van der Waals surface area contributed by atoms with Crippen LogP contribution in [0, 0.1) is 5.82 Å². The van der Waals surface area contributed by atoms with Gasteiger partial charge in [0.15, 0.2) is 0 Å². The van der Waals surface area contributed by atoms with Crippen LogP contribution in [0.1, 0.15) is 12.8 Å². The zero-order chi connectivity index (χ0) is 16.0. The number of aliphatic carboxylic acids is 1. The second-order valence-corrected chi connectivity index (χ2v) is 4.36. The van der Waals surface area contributed by atoms with Gasteiger partial charge in [0.05, 0.1) is 5.69 Å². The maximum Gasteiger partial charge on any atom is 0.326 e. The highest BCUT2D eigenvalue weighted by molar-refractivity contribution is 5.94. The average Bonchev–Trinajstić information content (AvgIpc) is 2.42. The van der Waals surface area contributed by atoms with E-state index in [1.165, 1.54) is 25.2 Å². The summed E-state index contributed by atoms with van der Waals surface area (Å²) in [5.41, 5.74) is 4.95. The molecule has 1 rings (SSSR count). The van der Waals surface area contributed by atoms with Crippen molar-refractivity contribution in [2.24, 2.45) is 5.73 Å². The SMILES string of the molecule is CN(C(=O)N[C@H](CCC(N)=O)C(=O)O)c1ccccc1F. The number of rotatable bonds is 6. The lowest BCUT2D eigenvalue weighted by atomic mass is 10.1. The minimum absolute atomic E-state index is 0.00837. The van der Waals surface area contributed by atoms with E-state index in [-0.39, 0.29) is 18.5 Å². The number of nitrogens with zero attached hydrogens (tertiary/aromatic N) is 1. The van der Waals surface area contributed by atoms with Gasteiger partial charge >= 0.3 is 12.0 Å². The first-order chi connectivity index (χ1) is 9.82. The van der Waals surface area contributed by atoms with E-state index in [1.807, 2.05) is 0 Å². The Balaban J connectivity index is 2.75. The Hall–Kier alpha value is -2.64. The number of primary amides is 1. The number of halogens is 1. The molecule has 7 nitrogen and oxygen atoms in total. The monoisotopic (exact) mass is 297 g/mol. The molecule has 0 bridgehead atoms. The number of urea groups is 1. The van der Waals surface area contributed by atoms with Gasteiger partial charge in [-0.2, -0.15) is 0 Å². The quantitative estimate of drug-likeness (QED) is 0.717. The highest BCUT2D eigenvalue weighted by atomic mass is 19.1. The number of benzene rings is 1. The Kier molecular flexibility index (Phi) is 5.65. The average molecular weight is 297 g/mol. The summed E-state index contributed by atoms with van der Waals surface area (Å²) in [5, 5.41) is 11.2. The summed E-state index contributed by atoms with van der Waals surface area (Å²) in [6.45, 7) is 0. The summed E-state index contributed by atoms with van der Waals surface area (Å²) >= 11 is 0. The fourth-order valence-corrected chi connectivity index (χ4v) is 1.62. The van der Waals surface area contributed by atoms with Crippen molar-refractivity contribution in [2.75, 3.05) is 11.9 Å². The molecule has 0 aliphatic rings. The number of amides is 3.